The predicted octanol–water partition coefficient (Wildman–Crippen LogP) is 6.77. The molecule has 0 N–H and O–H groups in total. The molecule has 0 radical (unpaired) electrons. The Morgan fingerprint density at radius 2 is 1.62 bits per heavy atom. The van der Waals surface area contributed by atoms with Crippen LogP contribution in [0.5, 0.6) is 0 Å². The Morgan fingerprint density at radius 3 is 2.17 bits per heavy atom. The lowest BCUT2D eigenvalue weighted by Crippen LogP contribution is -2.45. The molecule has 1 nitrogen and oxygen atoms in total. The first-order chi connectivity index (χ1) is 11.5. The van der Waals surface area contributed by atoms with Crippen LogP contribution in [0, 0.1) is 5.92 Å². The Labute approximate surface area is 156 Å². The predicted molar refractivity (Wildman–Crippen MR) is 102 cm³/mol. The number of carbonyl (C=O) groups excluding carboxylic acids is 1. The van der Waals surface area contributed by atoms with Gasteiger partial charge in [0, 0.05) is 12.3 Å². The van der Waals surface area contributed by atoms with Gasteiger partial charge in [0.05, 0.1) is 0 Å². The minimum atomic E-state index is -1.21. The molecular weight excluding hydrogens is 339 g/mol. The van der Waals surface area contributed by atoms with Crippen molar-refractivity contribution in [2.24, 2.45) is 5.92 Å². The van der Waals surface area contributed by atoms with Gasteiger partial charge in [-0.1, -0.05) is 80.1 Å². The van der Waals surface area contributed by atoms with Crippen molar-refractivity contribution < 1.29 is 4.79 Å². The second kappa shape index (κ2) is 7.79. The summed E-state index contributed by atoms with van der Waals surface area (Å²) in [6.07, 6.45) is 11.4. The van der Waals surface area contributed by atoms with E-state index >= 15 is 0 Å². The number of rotatable bonds is 6. The van der Waals surface area contributed by atoms with E-state index in [0.29, 0.717) is 12.3 Å². The molecule has 2 fully saturated rings. The molecule has 2 saturated carbocycles. The summed E-state index contributed by atoms with van der Waals surface area (Å²) >= 11 is 12.3. The average molecular weight is 367 g/mol. The number of halogens is 2. The van der Waals surface area contributed by atoms with Crippen LogP contribution >= 0.6 is 23.2 Å². The lowest BCUT2D eigenvalue weighted by Gasteiger charge is -2.38. The van der Waals surface area contributed by atoms with Crippen LogP contribution in [-0.4, -0.2) is 10.1 Å². The number of ketones is 1. The molecule has 0 aliphatic heterocycles. The van der Waals surface area contributed by atoms with Crippen molar-refractivity contribution in [2.45, 2.75) is 80.9 Å². The minimum Gasteiger partial charge on any atom is -0.296 e. The third kappa shape index (κ3) is 3.83. The highest BCUT2D eigenvalue weighted by molar-refractivity contribution is 6.61. The lowest BCUT2D eigenvalue weighted by atomic mass is 9.75. The van der Waals surface area contributed by atoms with Crippen LogP contribution in [-0.2, 0) is 4.79 Å². The third-order valence-electron chi connectivity index (χ3n) is 6.07. The fraction of sp³-hybridized carbons (Fsp3) is 0.667. The van der Waals surface area contributed by atoms with Gasteiger partial charge in [-0.2, -0.15) is 0 Å². The van der Waals surface area contributed by atoms with Crippen molar-refractivity contribution in [2.75, 3.05) is 0 Å². The summed E-state index contributed by atoms with van der Waals surface area (Å²) in [6.45, 7) is 2.28. The van der Waals surface area contributed by atoms with E-state index in [2.05, 4.69) is 31.2 Å². The van der Waals surface area contributed by atoms with Gasteiger partial charge in [-0.15, -0.1) is 0 Å². The van der Waals surface area contributed by atoms with E-state index in [4.69, 9.17) is 23.2 Å². The van der Waals surface area contributed by atoms with Crippen LogP contribution in [0.2, 0.25) is 0 Å². The largest absolute Gasteiger partial charge is 0.296 e. The number of alkyl halides is 2. The summed E-state index contributed by atoms with van der Waals surface area (Å²) in [5, 5.41) is 0. The van der Waals surface area contributed by atoms with Crippen LogP contribution in [0.1, 0.15) is 87.7 Å². The summed E-state index contributed by atoms with van der Waals surface area (Å²) in [4.78, 5) is 11.5. The second-order valence-corrected chi connectivity index (χ2v) is 9.07. The Morgan fingerprint density at radius 1 is 1.00 bits per heavy atom. The maximum Gasteiger partial charge on any atom is 0.183 e. The van der Waals surface area contributed by atoms with Crippen molar-refractivity contribution in [3.63, 3.8) is 0 Å². The average Bonchev–Trinajstić information content (AvgIpc) is 2.61. The summed E-state index contributed by atoms with van der Waals surface area (Å²) < 4.78 is -1.21. The molecule has 132 valence electrons. The van der Waals surface area contributed by atoms with E-state index in [1.165, 1.54) is 56.9 Å². The number of carbonyl (C=O) groups is 1. The second-order valence-electron chi connectivity index (χ2n) is 7.68. The fourth-order valence-corrected chi connectivity index (χ4v) is 4.87. The van der Waals surface area contributed by atoms with Crippen LogP contribution < -0.4 is 0 Å². The molecule has 2 aliphatic carbocycles. The Balaban J connectivity index is 1.53. The number of unbranched alkanes of at least 4 members (excludes halogenated alkanes) is 2. The van der Waals surface area contributed by atoms with Gasteiger partial charge in [0.15, 0.2) is 10.1 Å². The van der Waals surface area contributed by atoms with E-state index in [0.717, 1.165) is 11.5 Å². The maximum atomic E-state index is 11.5. The van der Waals surface area contributed by atoms with Gasteiger partial charge in [0.1, 0.15) is 0 Å². The van der Waals surface area contributed by atoms with Crippen molar-refractivity contribution in [1.82, 2.24) is 0 Å². The van der Waals surface area contributed by atoms with E-state index < -0.39 is 4.33 Å². The quantitative estimate of drug-likeness (QED) is 0.400. The zero-order valence-corrected chi connectivity index (χ0v) is 16.1. The molecule has 0 bridgehead atoms. The monoisotopic (exact) mass is 366 g/mol. The highest BCUT2D eigenvalue weighted by Crippen LogP contribution is 2.51. The molecule has 0 spiro atoms. The Bertz CT molecular complexity index is 556. The maximum absolute atomic E-state index is 11.5. The van der Waals surface area contributed by atoms with Crippen LogP contribution in [0.3, 0.4) is 0 Å². The van der Waals surface area contributed by atoms with Crippen molar-refractivity contribution >= 4 is 29.0 Å². The summed E-state index contributed by atoms with van der Waals surface area (Å²) in [7, 11) is 0. The third-order valence-corrected chi connectivity index (χ3v) is 7.02. The lowest BCUT2D eigenvalue weighted by molar-refractivity contribution is -0.125. The van der Waals surface area contributed by atoms with Crippen molar-refractivity contribution in [3.8, 4) is 0 Å². The highest BCUT2D eigenvalue weighted by Gasteiger charge is 2.53. The van der Waals surface area contributed by atoms with Crippen LogP contribution in [0.4, 0.5) is 0 Å². The zero-order valence-electron chi connectivity index (χ0n) is 14.6. The molecule has 2 aliphatic rings. The number of hydrogen-bond donors (Lipinski definition) is 0. The van der Waals surface area contributed by atoms with Gasteiger partial charge in [-0.25, -0.2) is 0 Å². The molecule has 0 aromatic heterocycles. The number of Topliss-reactive ketones (excluding diaryl/α,β-unsaturated/α-hetero) is 1. The van der Waals surface area contributed by atoms with Gasteiger partial charge in [-0.05, 0) is 48.6 Å². The van der Waals surface area contributed by atoms with E-state index in [-0.39, 0.29) is 11.7 Å². The van der Waals surface area contributed by atoms with Crippen LogP contribution in [0.25, 0.3) is 0 Å². The van der Waals surface area contributed by atoms with Gasteiger partial charge < -0.3 is 0 Å². The fourth-order valence-electron chi connectivity index (χ4n) is 4.31. The highest BCUT2D eigenvalue weighted by atomic mass is 35.5. The first-order valence-electron chi connectivity index (χ1n) is 9.53. The van der Waals surface area contributed by atoms with Crippen molar-refractivity contribution in [3.05, 3.63) is 35.4 Å². The molecule has 0 heterocycles. The smallest absolute Gasteiger partial charge is 0.183 e. The Hall–Kier alpha value is -0.530. The topological polar surface area (TPSA) is 17.1 Å². The molecule has 1 aromatic rings. The minimum absolute atomic E-state index is 0.0447. The van der Waals surface area contributed by atoms with Gasteiger partial charge in [-0.3, -0.25) is 4.79 Å². The van der Waals surface area contributed by atoms with Gasteiger partial charge in [0.25, 0.3) is 0 Å². The van der Waals surface area contributed by atoms with Crippen LogP contribution in [0.15, 0.2) is 24.3 Å². The summed E-state index contributed by atoms with van der Waals surface area (Å²) in [5.74, 6) is 1.54. The van der Waals surface area contributed by atoms with E-state index in [9.17, 15) is 4.79 Å². The molecular formula is C21H28Cl2O. The molecule has 0 amide bonds. The normalized spacial score (nSPS) is 29.3. The SMILES string of the molecule is CCCCC[C@H]1CC[C@H](c2ccc(C3CC(=O)C3(Cl)Cl)cc2)CC1. The van der Waals surface area contributed by atoms with Crippen molar-refractivity contribution in [1.29, 1.82) is 0 Å². The molecule has 3 rings (SSSR count). The Kier molecular flexibility index (Phi) is 5.93. The first-order valence-corrected chi connectivity index (χ1v) is 10.3. The van der Waals surface area contributed by atoms with Gasteiger partial charge in [0.2, 0.25) is 0 Å². The zero-order chi connectivity index (χ0) is 17.2. The molecule has 24 heavy (non-hydrogen) atoms. The summed E-state index contributed by atoms with van der Waals surface area (Å²) in [6, 6.07) is 8.70. The molecule has 1 atom stereocenters. The summed E-state index contributed by atoms with van der Waals surface area (Å²) in [5.41, 5.74) is 2.53. The molecule has 3 heteroatoms. The molecule has 0 saturated heterocycles. The number of benzene rings is 1. The number of hydrogen-bond acceptors (Lipinski definition) is 1. The standard InChI is InChI=1S/C21H28Cl2O/c1-2-3-4-5-15-6-8-16(9-7-15)17-10-12-18(13-11-17)19-14-20(24)21(19,22)23/h10-13,15-16,19H,2-9,14H2,1H3/t15-,16-,19?. The van der Waals surface area contributed by atoms with E-state index in [1.54, 1.807) is 0 Å². The van der Waals surface area contributed by atoms with Gasteiger partial charge >= 0.3 is 0 Å². The van der Waals surface area contributed by atoms with E-state index in [1.807, 2.05) is 0 Å². The first kappa shape index (κ1) is 18.3. The molecule has 1 unspecified atom stereocenters. The molecule has 1 aromatic carbocycles.